The first-order valence-electron chi connectivity index (χ1n) is 4.73. The van der Waals surface area contributed by atoms with Gasteiger partial charge in [0.15, 0.2) is 0 Å². The predicted octanol–water partition coefficient (Wildman–Crippen LogP) is 3.11. The van der Waals surface area contributed by atoms with Gasteiger partial charge >= 0.3 is 0 Å². The van der Waals surface area contributed by atoms with Crippen molar-refractivity contribution in [3.63, 3.8) is 0 Å². The van der Waals surface area contributed by atoms with Gasteiger partial charge in [0.25, 0.3) is 0 Å². The SMILES string of the molecule is CCOC1(C)Oc2ccccc2C1Cl. The lowest BCUT2D eigenvalue weighted by molar-refractivity contribution is -0.155. The van der Waals surface area contributed by atoms with E-state index < -0.39 is 5.79 Å². The molecule has 3 heteroatoms. The molecule has 2 rings (SSSR count). The fraction of sp³-hybridized carbons (Fsp3) is 0.455. The van der Waals surface area contributed by atoms with Crippen LogP contribution in [-0.2, 0) is 4.74 Å². The second-order valence-electron chi connectivity index (χ2n) is 3.45. The number of rotatable bonds is 2. The fourth-order valence-corrected chi connectivity index (χ4v) is 2.01. The van der Waals surface area contributed by atoms with E-state index in [-0.39, 0.29) is 5.38 Å². The Labute approximate surface area is 88.8 Å². The Morgan fingerprint density at radius 1 is 1.50 bits per heavy atom. The Morgan fingerprint density at radius 3 is 2.86 bits per heavy atom. The Morgan fingerprint density at radius 2 is 2.21 bits per heavy atom. The van der Waals surface area contributed by atoms with E-state index >= 15 is 0 Å². The molecule has 1 aromatic carbocycles. The summed E-state index contributed by atoms with van der Waals surface area (Å²) in [5.74, 6) is 0.100. The van der Waals surface area contributed by atoms with Crippen molar-refractivity contribution < 1.29 is 9.47 Å². The number of benzene rings is 1. The summed E-state index contributed by atoms with van der Waals surface area (Å²) in [7, 11) is 0. The van der Waals surface area contributed by atoms with E-state index in [1.54, 1.807) is 0 Å². The highest BCUT2D eigenvalue weighted by molar-refractivity contribution is 6.22. The highest BCUT2D eigenvalue weighted by Gasteiger charge is 2.44. The van der Waals surface area contributed by atoms with E-state index in [0.717, 1.165) is 11.3 Å². The Kier molecular flexibility index (Phi) is 2.41. The molecule has 2 nitrogen and oxygen atoms in total. The highest BCUT2D eigenvalue weighted by atomic mass is 35.5. The maximum atomic E-state index is 6.28. The van der Waals surface area contributed by atoms with Crippen molar-refractivity contribution in [2.45, 2.75) is 25.0 Å². The van der Waals surface area contributed by atoms with E-state index in [1.165, 1.54) is 0 Å². The molecule has 2 atom stereocenters. The molecule has 14 heavy (non-hydrogen) atoms. The lowest BCUT2D eigenvalue weighted by Crippen LogP contribution is -2.35. The number of fused-ring (bicyclic) bond motifs is 1. The minimum atomic E-state index is -0.722. The third kappa shape index (κ3) is 1.39. The lowest BCUT2D eigenvalue weighted by Gasteiger charge is -2.26. The smallest absolute Gasteiger partial charge is 0.228 e. The number of para-hydroxylation sites is 1. The first-order chi connectivity index (χ1) is 6.67. The van der Waals surface area contributed by atoms with Gasteiger partial charge in [0.1, 0.15) is 11.1 Å². The molecule has 0 aliphatic carbocycles. The Bertz CT molecular complexity index is 340. The summed E-state index contributed by atoms with van der Waals surface area (Å²) in [6, 6.07) is 7.77. The van der Waals surface area contributed by atoms with Gasteiger partial charge in [-0.05, 0) is 13.0 Å². The summed E-state index contributed by atoms with van der Waals surface area (Å²) in [6.45, 7) is 4.39. The van der Waals surface area contributed by atoms with Gasteiger partial charge in [0.2, 0.25) is 5.79 Å². The van der Waals surface area contributed by atoms with E-state index in [0.29, 0.717) is 6.61 Å². The van der Waals surface area contributed by atoms with Gasteiger partial charge in [-0.2, -0.15) is 0 Å². The molecule has 0 saturated carbocycles. The zero-order valence-electron chi connectivity index (χ0n) is 8.29. The van der Waals surface area contributed by atoms with Crippen molar-refractivity contribution in [3.05, 3.63) is 29.8 Å². The number of halogens is 1. The molecule has 1 heterocycles. The third-order valence-electron chi connectivity index (χ3n) is 2.40. The van der Waals surface area contributed by atoms with E-state index in [4.69, 9.17) is 21.1 Å². The first-order valence-corrected chi connectivity index (χ1v) is 5.17. The van der Waals surface area contributed by atoms with Crippen LogP contribution in [0.4, 0.5) is 0 Å². The van der Waals surface area contributed by atoms with E-state index in [1.807, 2.05) is 38.1 Å². The molecule has 76 valence electrons. The van der Waals surface area contributed by atoms with Gasteiger partial charge in [-0.15, -0.1) is 11.6 Å². The second-order valence-corrected chi connectivity index (χ2v) is 3.89. The van der Waals surface area contributed by atoms with Crippen molar-refractivity contribution in [3.8, 4) is 5.75 Å². The van der Waals surface area contributed by atoms with Crippen LogP contribution in [-0.4, -0.2) is 12.4 Å². The summed E-state index contributed by atoms with van der Waals surface area (Å²) in [4.78, 5) is 0. The number of ether oxygens (including phenoxy) is 2. The standard InChI is InChI=1S/C11H13ClO2/c1-3-13-11(2)10(12)8-6-4-5-7-9(8)14-11/h4-7,10H,3H2,1-2H3. The molecule has 0 aromatic heterocycles. The van der Waals surface area contributed by atoms with Gasteiger partial charge in [0.05, 0.1) is 0 Å². The summed E-state index contributed by atoms with van der Waals surface area (Å²) in [5.41, 5.74) is 1.00. The van der Waals surface area contributed by atoms with E-state index in [9.17, 15) is 0 Å². The summed E-state index contributed by atoms with van der Waals surface area (Å²) < 4.78 is 11.2. The molecule has 0 N–H and O–H groups in total. The quantitative estimate of drug-likeness (QED) is 0.702. The molecular formula is C11H13ClO2. The molecule has 2 unspecified atom stereocenters. The van der Waals surface area contributed by atoms with Crippen LogP contribution in [0.15, 0.2) is 24.3 Å². The van der Waals surface area contributed by atoms with Crippen LogP contribution >= 0.6 is 11.6 Å². The monoisotopic (exact) mass is 212 g/mol. The molecule has 1 aliphatic rings. The summed E-state index contributed by atoms with van der Waals surface area (Å²) in [6.07, 6.45) is 0. The minimum Gasteiger partial charge on any atom is -0.460 e. The largest absolute Gasteiger partial charge is 0.460 e. The van der Waals surface area contributed by atoms with E-state index in [2.05, 4.69) is 0 Å². The van der Waals surface area contributed by atoms with Crippen molar-refractivity contribution in [1.82, 2.24) is 0 Å². The van der Waals surface area contributed by atoms with Gasteiger partial charge in [-0.1, -0.05) is 18.2 Å². The van der Waals surface area contributed by atoms with Crippen molar-refractivity contribution in [1.29, 1.82) is 0 Å². The van der Waals surface area contributed by atoms with Crippen LogP contribution < -0.4 is 4.74 Å². The summed E-state index contributed by atoms with van der Waals surface area (Å²) in [5, 5.41) is -0.237. The molecule has 1 aliphatic heterocycles. The molecule has 0 radical (unpaired) electrons. The Hall–Kier alpha value is -0.730. The van der Waals surface area contributed by atoms with Gasteiger partial charge in [0, 0.05) is 19.1 Å². The fourth-order valence-electron chi connectivity index (χ4n) is 1.72. The molecule has 0 spiro atoms. The maximum Gasteiger partial charge on any atom is 0.228 e. The minimum absolute atomic E-state index is 0.237. The normalized spacial score (nSPS) is 29.8. The predicted molar refractivity (Wildman–Crippen MR) is 55.7 cm³/mol. The third-order valence-corrected chi connectivity index (χ3v) is 3.03. The maximum absolute atomic E-state index is 6.28. The van der Waals surface area contributed by atoms with Crippen molar-refractivity contribution in [2.24, 2.45) is 0 Å². The van der Waals surface area contributed by atoms with Crippen LogP contribution in [0.1, 0.15) is 24.8 Å². The zero-order chi connectivity index (χ0) is 10.2. The molecule has 0 saturated heterocycles. The van der Waals surface area contributed by atoms with Crippen LogP contribution in [0, 0.1) is 0 Å². The summed E-state index contributed by atoms with van der Waals surface area (Å²) >= 11 is 6.28. The van der Waals surface area contributed by atoms with Crippen LogP contribution in [0.25, 0.3) is 0 Å². The number of alkyl halides is 1. The molecule has 0 bridgehead atoms. The Balaban J connectivity index is 2.33. The lowest BCUT2D eigenvalue weighted by atomic mass is 10.1. The van der Waals surface area contributed by atoms with Gasteiger partial charge in [-0.3, -0.25) is 0 Å². The number of hydrogen-bond acceptors (Lipinski definition) is 2. The molecule has 1 aromatic rings. The average Bonchev–Trinajstić information content (AvgIpc) is 2.41. The number of hydrogen-bond donors (Lipinski definition) is 0. The topological polar surface area (TPSA) is 18.5 Å². The van der Waals surface area contributed by atoms with Gasteiger partial charge < -0.3 is 9.47 Å². The van der Waals surface area contributed by atoms with Crippen LogP contribution in [0.3, 0.4) is 0 Å². The highest BCUT2D eigenvalue weighted by Crippen LogP contribution is 2.47. The van der Waals surface area contributed by atoms with Crippen LogP contribution in [0.2, 0.25) is 0 Å². The average molecular weight is 213 g/mol. The molecular weight excluding hydrogens is 200 g/mol. The zero-order valence-corrected chi connectivity index (χ0v) is 9.04. The van der Waals surface area contributed by atoms with Crippen LogP contribution in [0.5, 0.6) is 5.75 Å². The van der Waals surface area contributed by atoms with Crippen molar-refractivity contribution in [2.75, 3.05) is 6.61 Å². The molecule has 0 amide bonds. The van der Waals surface area contributed by atoms with Crippen molar-refractivity contribution >= 4 is 11.6 Å². The molecule has 0 fully saturated rings. The first kappa shape index (κ1) is 9.81. The second kappa shape index (κ2) is 3.44. The van der Waals surface area contributed by atoms with Gasteiger partial charge in [-0.25, -0.2) is 0 Å².